The quantitative estimate of drug-likeness (QED) is 0.875. The molecule has 0 aliphatic rings. The van der Waals surface area contributed by atoms with E-state index in [1.807, 2.05) is 0 Å². The minimum absolute atomic E-state index is 0.248. The molecule has 0 aliphatic carbocycles. The summed E-state index contributed by atoms with van der Waals surface area (Å²) in [6.45, 7) is 2.10. The van der Waals surface area contributed by atoms with Gasteiger partial charge in [0.05, 0.1) is 16.9 Å². The van der Waals surface area contributed by atoms with Crippen LogP contribution in [0.1, 0.15) is 18.5 Å². The van der Waals surface area contributed by atoms with Gasteiger partial charge in [-0.25, -0.2) is 0 Å². The molecule has 0 aliphatic heterocycles. The van der Waals surface area contributed by atoms with Crippen LogP contribution in [-0.4, -0.2) is 4.98 Å². The lowest BCUT2D eigenvalue weighted by atomic mass is 10.2. The summed E-state index contributed by atoms with van der Waals surface area (Å²) in [6, 6.07) is 4.13. The summed E-state index contributed by atoms with van der Waals surface area (Å²) in [6.07, 6.45) is 3.42. The molecule has 0 fully saturated rings. The fourth-order valence-corrected chi connectivity index (χ4v) is 2.24. The summed E-state index contributed by atoms with van der Waals surface area (Å²) in [7, 11) is 0. The molecule has 0 spiro atoms. The summed E-state index contributed by atoms with van der Waals surface area (Å²) in [5.41, 5.74) is 2.14. The van der Waals surface area contributed by atoms with Crippen molar-refractivity contribution in [2.24, 2.45) is 0 Å². The number of hydrogen-bond donors (Lipinski definition) is 1. The summed E-state index contributed by atoms with van der Waals surface area (Å²) in [5, 5.41) is 8.22. The summed E-state index contributed by atoms with van der Waals surface area (Å²) in [5.74, 6) is 0. The molecule has 0 aromatic carbocycles. The van der Waals surface area contributed by atoms with Crippen molar-refractivity contribution < 1.29 is 0 Å². The van der Waals surface area contributed by atoms with Gasteiger partial charge in [0.1, 0.15) is 0 Å². The van der Waals surface area contributed by atoms with Crippen LogP contribution in [0.3, 0.4) is 0 Å². The van der Waals surface area contributed by atoms with Crippen molar-refractivity contribution in [1.29, 1.82) is 0 Å². The maximum Gasteiger partial charge on any atom is 0.0720 e. The Hall–Kier alpha value is -1.06. The van der Waals surface area contributed by atoms with E-state index < -0.39 is 0 Å². The molecule has 4 heteroatoms. The first-order valence-corrected chi connectivity index (χ1v) is 5.97. The predicted molar refractivity (Wildman–Crippen MR) is 65.6 cm³/mol. The Morgan fingerprint density at radius 3 is 3.00 bits per heavy atom. The lowest BCUT2D eigenvalue weighted by molar-refractivity contribution is 0.889. The Kier molecular flexibility index (Phi) is 3.23. The molecule has 1 N–H and O–H groups in total. The highest BCUT2D eigenvalue weighted by atomic mass is 35.5. The first-order valence-electron chi connectivity index (χ1n) is 4.65. The van der Waals surface area contributed by atoms with E-state index in [1.165, 1.54) is 5.56 Å². The van der Waals surface area contributed by atoms with E-state index in [0.717, 1.165) is 5.69 Å². The van der Waals surface area contributed by atoms with Crippen LogP contribution in [0.2, 0.25) is 5.02 Å². The maximum atomic E-state index is 6.03. The highest BCUT2D eigenvalue weighted by Crippen LogP contribution is 2.25. The number of thiophene rings is 1. The molecule has 2 rings (SSSR count). The van der Waals surface area contributed by atoms with E-state index >= 15 is 0 Å². The predicted octanol–water partition coefficient (Wildman–Crippen LogP) is 3.97. The molecule has 1 unspecified atom stereocenters. The second-order valence-electron chi connectivity index (χ2n) is 3.28. The van der Waals surface area contributed by atoms with Crippen LogP contribution < -0.4 is 5.32 Å². The molecule has 1 atom stereocenters. The molecule has 78 valence electrons. The minimum atomic E-state index is 0.248. The van der Waals surface area contributed by atoms with Gasteiger partial charge in [-0.2, -0.15) is 11.3 Å². The minimum Gasteiger partial charge on any atom is -0.376 e. The van der Waals surface area contributed by atoms with Crippen LogP contribution in [0.4, 0.5) is 5.69 Å². The second kappa shape index (κ2) is 4.64. The number of halogens is 1. The van der Waals surface area contributed by atoms with E-state index in [0.29, 0.717) is 5.02 Å². The van der Waals surface area contributed by atoms with Crippen molar-refractivity contribution in [2.75, 3.05) is 5.32 Å². The van der Waals surface area contributed by atoms with Crippen molar-refractivity contribution in [3.05, 3.63) is 45.9 Å². The molecule has 2 aromatic heterocycles. The summed E-state index contributed by atoms with van der Waals surface area (Å²) < 4.78 is 0. The van der Waals surface area contributed by atoms with Crippen LogP contribution in [-0.2, 0) is 0 Å². The van der Waals surface area contributed by atoms with Crippen molar-refractivity contribution in [2.45, 2.75) is 13.0 Å². The maximum absolute atomic E-state index is 6.03. The molecular formula is C11H11ClN2S. The lowest BCUT2D eigenvalue weighted by Gasteiger charge is -2.14. The number of rotatable bonds is 3. The number of hydrogen-bond acceptors (Lipinski definition) is 3. The zero-order chi connectivity index (χ0) is 10.7. The molecule has 2 aromatic rings. The molecule has 0 amide bonds. The van der Waals surface area contributed by atoms with Crippen LogP contribution in [0.25, 0.3) is 0 Å². The van der Waals surface area contributed by atoms with Gasteiger partial charge in [0, 0.05) is 12.2 Å². The van der Waals surface area contributed by atoms with E-state index in [4.69, 9.17) is 11.6 Å². The molecule has 0 saturated carbocycles. The average Bonchev–Trinajstić information content (AvgIpc) is 2.74. The number of anilines is 1. The van der Waals surface area contributed by atoms with Crippen LogP contribution in [0.5, 0.6) is 0 Å². The zero-order valence-electron chi connectivity index (χ0n) is 8.27. The normalized spacial score (nSPS) is 12.4. The topological polar surface area (TPSA) is 24.9 Å². The fraction of sp³-hybridized carbons (Fsp3) is 0.182. The third-order valence-corrected chi connectivity index (χ3v) is 3.21. The van der Waals surface area contributed by atoms with Gasteiger partial charge in [0.2, 0.25) is 0 Å². The van der Waals surface area contributed by atoms with Crippen LogP contribution >= 0.6 is 22.9 Å². The average molecular weight is 239 g/mol. The number of nitrogens with zero attached hydrogens (tertiary/aromatic N) is 1. The van der Waals surface area contributed by atoms with Crippen LogP contribution in [0.15, 0.2) is 35.3 Å². The molecular weight excluding hydrogens is 228 g/mol. The zero-order valence-corrected chi connectivity index (χ0v) is 9.85. The van der Waals surface area contributed by atoms with E-state index in [9.17, 15) is 0 Å². The highest BCUT2D eigenvalue weighted by molar-refractivity contribution is 7.07. The molecule has 15 heavy (non-hydrogen) atoms. The first-order chi connectivity index (χ1) is 7.27. The highest BCUT2D eigenvalue weighted by Gasteiger charge is 2.07. The number of nitrogens with one attached hydrogen (secondary N) is 1. The molecule has 2 heterocycles. The van der Waals surface area contributed by atoms with Crippen LogP contribution in [0, 0.1) is 0 Å². The Morgan fingerprint density at radius 1 is 1.47 bits per heavy atom. The van der Waals surface area contributed by atoms with Gasteiger partial charge in [-0.1, -0.05) is 11.6 Å². The second-order valence-corrected chi connectivity index (χ2v) is 4.47. The van der Waals surface area contributed by atoms with Crippen molar-refractivity contribution in [1.82, 2.24) is 4.98 Å². The van der Waals surface area contributed by atoms with E-state index in [-0.39, 0.29) is 6.04 Å². The van der Waals surface area contributed by atoms with E-state index in [2.05, 4.69) is 34.1 Å². The Balaban J connectivity index is 2.13. The first kappa shape index (κ1) is 10.5. The van der Waals surface area contributed by atoms with E-state index in [1.54, 1.807) is 29.8 Å². The SMILES string of the molecule is CC(Nc1cnccc1Cl)c1ccsc1. The number of aromatic nitrogens is 1. The Bertz CT molecular complexity index is 428. The summed E-state index contributed by atoms with van der Waals surface area (Å²) >= 11 is 7.72. The van der Waals surface area contributed by atoms with Gasteiger partial charge in [-0.3, -0.25) is 4.98 Å². The van der Waals surface area contributed by atoms with Gasteiger partial charge < -0.3 is 5.32 Å². The standard InChI is InChI=1S/C11H11ClN2S/c1-8(9-3-5-15-7-9)14-11-6-13-4-2-10(11)12/h2-8,14H,1H3. The Morgan fingerprint density at radius 2 is 2.33 bits per heavy atom. The molecule has 0 bridgehead atoms. The monoisotopic (exact) mass is 238 g/mol. The molecule has 2 nitrogen and oxygen atoms in total. The number of pyridine rings is 1. The van der Waals surface area contributed by atoms with Gasteiger partial charge in [0.15, 0.2) is 0 Å². The van der Waals surface area contributed by atoms with Gasteiger partial charge in [-0.15, -0.1) is 0 Å². The molecule has 0 radical (unpaired) electrons. The fourth-order valence-electron chi connectivity index (χ4n) is 1.32. The smallest absolute Gasteiger partial charge is 0.0720 e. The Labute approximate surface area is 97.9 Å². The van der Waals surface area contributed by atoms with Crippen molar-refractivity contribution in [3.63, 3.8) is 0 Å². The molecule has 0 saturated heterocycles. The van der Waals surface area contributed by atoms with Crippen molar-refractivity contribution >= 4 is 28.6 Å². The lowest BCUT2D eigenvalue weighted by Crippen LogP contribution is -2.05. The van der Waals surface area contributed by atoms with Gasteiger partial charge >= 0.3 is 0 Å². The third kappa shape index (κ3) is 2.49. The van der Waals surface area contributed by atoms with Gasteiger partial charge in [-0.05, 0) is 35.4 Å². The van der Waals surface area contributed by atoms with Crippen molar-refractivity contribution in [3.8, 4) is 0 Å². The summed E-state index contributed by atoms with van der Waals surface area (Å²) in [4.78, 5) is 4.04. The van der Waals surface area contributed by atoms with Gasteiger partial charge in [0.25, 0.3) is 0 Å². The largest absolute Gasteiger partial charge is 0.376 e. The third-order valence-electron chi connectivity index (χ3n) is 2.18.